The minimum Gasteiger partial charge on any atom is -0.508 e. The normalized spacial score (nSPS) is 8.28. The summed E-state index contributed by atoms with van der Waals surface area (Å²) in [4.78, 5) is 0. The van der Waals surface area contributed by atoms with E-state index in [4.69, 9.17) is 10.2 Å². The van der Waals surface area contributed by atoms with Gasteiger partial charge in [0.2, 0.25) is 0 Å². The maximum Gasteiger partial charge on any atom is 2.00 e. The van der Waals surface area contributed by atoms with Crippen molar-refractivity contribution >= 4 is 0 Å². The molecule has 4 rings (SSSR count). The number of hydrogen-bond acceptors (Lipinski definition) is 2. The fourth-order valence-electron chi connectivity index (χ4n) is 1.81. The summed E-state index contributed by atoms with van der Waals surface area (Å²) in [5.74, 6) is 0.644. The molecule has 0 aliphatic rings. The van der Waals surface area contributed by atoms with Crippen molar-refractivity contribution in [2.24, 2.45) is 0 Å². The Morgan fingerprint density at radius 3 is 0.690 bits per heavy atom. The predicted octanol–water partition coefficient (Wildman–Crippen LogP) is 6.52. The summed E-state index contributed by atoms with van der Waals surface area (Å²) in [6.07, 6.45) is 0. The van der Waals surface area contributed by atoms with E-state index in [9.17, 15) is 0 Å². The first-order valence-electron chi connectivity index (χ1n) is 8.80. The van der Waals surface area contributed by atoms with Crippen molar-refractivity contribution in [1.29, 1.82) is 0 Å². The molecule has 0 saturated carbocycles. The Balaban J connectivity index is 0.000000356. The molecule has 146 valence electrons. The minimum atomic E-state index is 0. The van der Waals surface area contributed by atoms with Gasteiger partial charge >= 0.3 is 21.7 Å². The van der Waals surface area contributed by atoms with Gasteiger partial charge in [-0.15, -0.1) is 24.3 Å². The Hall–Kier alpha value is -3.07. The van der Waals surface area contributed by atoms with E-state index in [2.05, 4.69) is 13.8 Å². The second kappa shape index (κ2) is 17.1. The average molecular weight is 418 g/mol. The topological polar surface area (TPSA) is 40.5 Å². The van der Waals surface area contributed by atoms with Gasteiger partial charge in [0, 0.05) is 0 Å². The van der Waals surface area contributed by atoms with Gasteiger partial charge in [0.1, 0.15) is 11.5 Å². The molecule has 29 heavy (non-hydrogen) atoms. The van der Waals surface area contributed by atoms with Crippen LogP contribution in [-0.4, -0.2) is 10.2 Å². The van der Waals surface area contributed by atoms with Gasteiger partial charge in [-0.05, 0) is 24.3 Å². The molecule has 4 aromatic carbocycles. The number of phenolic OH excluding ortho intramolecular Hbond substituents is 2. The molecule has 0 saturated heterocycles. The first-order chi connectivity index (χ1) is 13.6. The van der Waals surface area contributed by atoms with Crippen molar-refractivity contribution in [3.63, 3.8) is 0 Å². The van der Waals surface area contributed by atoms with Gasteiger partial charge in [0.05, 0.1) is 0 Å². The molecule has 0 aliphatic carbocycles. The van der Waals surface area contributed by atoms with Crippen molar-refractivity contribution in [2.75, 3.05) is 0 Å². The molecule has 0 spiro atoms. The molecule has 0 aliphatic heterocycles. The van der Waals surface area contributed by atoms with Crippen molar-refractivity contribution < 1.29 is 31.9 Å². The van der Waals surface area contributed by atoms with Crippen LogP contribution in [0.4, 0.5) is 0 Å². The van der Waals surface area contributed by atoms with E-state index in [0.29, 0.717) is 11.5 Å². The third kappa shape index (κ3) is 15.7. The number of rotatable bonds is 0. The first kappa shape index (κ1) is 25.9. The Morgan fingerprint density at radius 1 is 0.379 bits per heavy atom. The molecular formula is C26H26O2Ti. The van der Waals surface area contributed by atoms with Crippen molar-refractivity contribution in [3.05, 3.63) is 146 Å². The third-order valence-corrected chi connectivity index (χ3v) is 3.20. The molecule has 0 fully saturated rings. The van der Waals surface area contributed by atoms with Crippen LogP contribution in [0.25, 0.3) is 0 Å². The Morgan fingerprint density at radius 2 is 0.586 bits per heavy atom. The van der Waals surface area contributed by atoms with E-state index in [-0.39, 0.29) is 21.7 Å². The molecule has 2 N–H and O–H groups in total. The summed E-state index contributed by atoms with van der Waals surface area (Å²) in [6.45, 7) is 7.44. The molecule has 0 unspecified atom stereocenters. The molecule has 2 nitrogen and oxygen atoms in total. The largest absolute Gasteiger partial charge is 2.00 e. The molecular weight excluding hydrogens is 392 g/mol. The van der Waals surface area contributed by atoms with Crippen molar-refractivity contribution in [3.8, 4) is 11.5 Å². The van der Waals surface area contributed by atoms with Gasteiger partial charge in [-0.25, -0.2) is 0 Å². The van der Waals surface area contributed by atoms with Gasteiger partial charge in [-0.3, -0.25) is 0 Å². The van der Waals surface area contributed by atoms with E-state index >= 15 is 0 Å². The second-order valence-electron chi connectivity index (χ2n) is 5.64. The van der Waals surface area contributed by atoms with Crippen LogP contribution in [-0.2, 0) is 21.7 Å². The van der Waals surface area contributed by atoms with Crippen LogP contribution in [0.2, 0.25) is 0 Å². The number of phenols is 2. The van der Waals surface area contributed by atoms with Gasteiger partial charge in [-0.2, -0.15) is 49.2 Å². The Labute approximate surface area is 189 Å². The zero-order chi connectivity index (χ0) is 20.5. The summed E-state index contributed by atoms with van der Waals surface area (Å²) in [5, 5.41) is 17.3. The molecule has 0 radical (unpaired) electrons. The summed E-state index contributed by atoms with van der Waals surface area (Å²) in [6, 6.07) is 37.2. The number of benzene rings is 4. The van der Waals surface area contributed by atoms with Gasteiger partial charge in [-0.1, -0.05) is 48.5 Å². The molecule has 3 heteroatoms. The van der Waals surface area contributed by atoms with E-state index in [1.54, 1.807) is 48.5 Å². The Kier molecular flexibility index (Phi) is 15.3. The third-order valence-electron chi connectivity index (χ3n) is 3.20. The molecule has 4 aromatic rings. The number of aromatic hydroxyl groups is 2. The Bertz CT molecular complexity index is 687. The molecule has 0 bridgehead atoms. The summed E-state index contributed by atoms with van der Waals surface area (Å²) >= 11 is 0. The summed E-state index contributed by atoms with van der Waals surface area (Å²) in [5.41, 5.74) is 2.14. The van der Waals surface area contributed by atoms with Crippen LogP contribution in [0.3, 0.4) is 0 Å². The van der Waals surface area contributed by atoms with Gasteiger partial charge in [0.15, 0.2) is 0 Å². The summed E-state index contributed by atoms with van der Waals surface area (Å²) < 4.78 is 0. The second-order valence-corrected chi connectivity index (χ2v) is 5.64. The maximum atomic E-state index is 8.63. The van der Waals surface area contributed by atoms with Crippen LogP contribution in [0, 0.1) is 13.8 Å². The van der Waals surface area contributed by atoms with Gasteiger partial charge in [0.25, 0.3) is 0 Å². The van der Waals surface area contributed by atoms with Crippen LogP contribution >= 0.6 is 0 Å². The predicted molar refractivity (Wildman–Crippen MR) is 118 cm³/mol. The fraction of sp³-hybridized carbons (Fsp3) is 0. The standard InChI is InChI=1S/2C7H7.2C6H6O.Ti/c2*1-7-5-3-2-4-6-7;2*7-6-4-2-1-3-5-6;/h2*2-6H,1H2;2*1-5,7H;/q2*-1;;;+2. The smallest absolute Gasteiger partial charge is 0.508 e. The zero-order valence-corrected chi connectivity index (χ0v) is 17.9. The molecule has 0 heterocycles. The van der Waals surface area contributed by atoms with E-state index in [1.165, 1.54) is 0 Å². The first-order valence-corrected chi connectivity index (χ1v) is 8.80. The summed E-state index contributed by atoms with van der Waals surface area (Å²) in [7, 11) is 0. The quantitative estimate of drug-likeness (QED) is 0.252. The van der Waals surface area contributed by atoms with Crippen LogP contribution in [0.1, 0.15) is 11.1 Å². The number of hydrogen-bond donors (Lipinski definition) is 2. The van der Waals surface area contributed by atoms with Gasteiger partial charge < -0.3 is 10.2 Å². The minimum absolute atomic E-state index is 0. The average Bonchev–Trinajstić information content (AvgIpc) is 2.72. The van der Waals surface area contributed by atoms with Crippen LogP contribution in [0.15, 0.2) is 121 Å². The van der Waals surface area contributed by atoms with Crippen LogP contribution < -0.4 is 0 Å². The van der Waals surface area contributed by atoms with Crippen LogP contribution in [0.5, 0.6) is 11.5 Å². The fourth-order valence-corrected chi connectivity index (χ4v) is 1.81. The van der Waals surface area contributed by atoms with Crippen molar-refractivity contribution in [2.45, 2.75) is 0 Å². The molecule has 0 aromatic heterocycles. The van der Waals surface area contributed by atoms with Crippen molar-refractivity contribution in [1.82, 2.24) is 0 Å². The SMILES string of the molecule is Oc1ccccc1.Oc1ccccc1.[CH2-]c1ccccc1.[CH2-]c1ccccc1.[Ti+2]. The van der Waals surface area contributed by atoms with E-state index in [1.807, 2.05) is 72.8 Å². The zero-order valence-electron chi connectivity index (χ0n) is 16.4. The molecule has 0 amide bonds. The van der Waals surface area contributed by atoms with E-state index < -0.39 is 0 Å². The monoisotopic (exact) mass is 418 g/mol. The molecule has 0 atom stereocenters. The maximum absolute atomic E-state index is 8.63. The number of para-hydroxylation sites is 2. The van der Waals surface area contributed by atoms with E-state index in [0.717, 1.165) is 11.1 Å².